The molecule has 1 aliphatic heterocycles. The molecule has 10 aromatic carbocycles. The SMILES string of the molecule is C[Si]1(C)c2cc(N(c3ccc4c(c3)oc3ccccc34)c3nc(-c4ccccc4)cc(-c4ccccc4)n3)ccc2-c2cc(N(c3ccccc3)c3ccccc3)c3ccc4ccccc4c3c21. The Labute approximate surface area is 395 Å². The first-order valence-corrected chi connectivity index (χ1v) is 26.2. The molecule has 1 aliphatic rings. The van der Waals surface area contributed by atoms with Crippen LogP contribution in [0.4, 0.5) is 34.4 Å². The number of anilines is 6. The summed E-state index contributed by atoms with van der Waals surface area (Å²) in [5.74, 6) is 0.579. The zero-order valence-electron chi connectivity index (χ0n) is 37.6. The minimum atomic E-state index is -2.46. The number of rotatable bonds is 8. The van der Waals surface area contributed by atoms with Crippen molar-refractivity contribution in [1.29, 1.82) is 0 Å². The Hall–Kier alpha value is -8.58. The molecule has 2 aromatic heterocycles. The van der Waals surface area contributed by atoms with Crippen molar-refractivity contribution < 1.29 is 4.42 Å². The first-order valence-electron chi connectivity index (χ1n) is 23.2. The van der Waals surface area contributed by atoms with Gasteiger partial charge in [0.1, 0.15) is 19.2 Å². The molecule has 13 rings (SSSR count). The maximum atomic E-state index is 6.56. The van der Waals surface area contributed by atoms with E-state index < -0.39 is 8.07 Å². The van der Waals surface area contributed by atoms with E-state index in [4.69, 9.17) is 14.4 Å². The van der Waals surface area contributed by atoms with Crippen LogP contribution in [0.3, 0.4) is 0 Å². The molecule has 0 amide bonds. The first-order chi connectivity index (χ1) is 33.5. The summed E-state index contributed by atoms with van der Waals surface area (Å²) >= 11 is 0. The Kier molecular flexibility index (Phi) is 9.23. The second-order valence-electron chi connectivity index (χ2n) is 18.2. The van der Waals surface area contributed by atoms with Gasteiger partial charge in [-0.2, -0.15) is 0 Å². The van der Waals surface area contributed by atoms with Crippen molar-refractivity contribution in [2.24, 2.45) is 0 Å². The van der Waals surface area contributed by atoms with Gasteiger partial charge in [0.15, 0.2) is 0 Å². The van der Waals surface area contributed by atoms with E-state index in [2.05, 4.69) is 229 Å². The molecule has 68 heavy (non-hydrogen) atoms. The van der Waals surface area contributed by atoms with Crippen LogP contribution in [0.5, 0.6) is 0 Å². The molecule has 0 atom stereocenters. The molecular formula is C62H44N4OSi. The number of hydrogen-bond donors (Lipinski definition) is 0. The number of furan rings is 1. The van der Waals surface area contributed by atoms with Gasteiger partial charge in [-0.05, 0) is 104 Å². The highest BCUT2D eigenvalue weighted by atomic mass is 28.3. The topological polar surface area (TPSA) is 45.4 Å². The first kappa shape index (κ1) is 39.8. The highest BCUT2D eigenvalue weighted by Crippen LogP contribution is 2.46. The summed E-state index contributed by atoms with van der Waals surface area (Å²) in [6.07, 6.45) is 0. The van der Waals surface area contributed by atoms with Gasteiger partial charge in [-0.15, -0.1) is 0 Å². The molecule has 0 radical (unpaired) electrons. The lowest BCUT2D eigenvalue weighted by atomic mass is 9.94. The monoisotopic (exact) mass is 888 g/mol. The third-order valence-electron chi connectivity index (χ3n) is 13.8. The largest absolute Gasteiger partial charge is 0.456 e. The van der Waals surface area contributed by atoms with Gasteiger partial charge in [0.2, 0.25) is 5.95 Å². The number of aromatic nitrogens is 2. The van der Waals surface area contributed by atoms with E-state index in [-0.39, 0.29) is 0 Å². The summed E-state index contributed by atoms with van der Waals surface area (Å²) in [5.41, 5.74) is 13.3. The van der Waals surface area contributed by atoms with Gasteiger partial charge in [-0.1, -0.05) is 171 Å². The smallest absolute Gasteiger partial charge is 0.235 e. The van der Waals surface area contributed by atoms with Crippen LogP contribution in [0.25, 0.3) is 77.1 Å². The van der Waals surface area contributed by atoms with E-state index in [1.807, 2.05) is 24.3 Å². The van der Waals surface area contributed by atoms with E-state index in [1.165, 1.54) is 43.0 Å². The number of nitrogens with zero attached hydrogens (tertiary/aromatic N) is 4. The van der Waals surface area contributed by atoms with Crippen molar-refractivity contribution in [1.82, 2.24) is 9.97 Å². The van der Waals surface area contributed by atoms with E-state index >= 15 is 0 Å². The van der Waals surface area contributed by atoms with Crippen LogP contribution < -0.4 is 20.2 Å². The number of para-hydroxylation sites is 3. The third-order valence-corrected chi connectivity index (χ3v) is 17.3. The van der Waals surface area contributed by atoms with E-state index in [1.54, 1.807) is 0 Å². The Bertz CT molecular complexity index is 3790. The van der Waals surface area contributed by atoms with Crippen LogP contribution in [0, 0.1) is 0 Å². The fraction of sp³-hybridized carbons (Fsp3) is 0.0323. The highest BCUT2D eigenvalue weighted by Gasteiger charge is 2.41. The Morgan fingerprint density at radius 3 is 1.62 bits per heavy atom. The van der Waals surface area contributed by atoms with Crippen molar-refractivity contribution in [2.45, 2.75) is 13.1 Å². The summed E-state index contributed by atoms with van der Waals surface area (Å²) < 4.78 is 6.56. The average molecular weight is 889 g/mol. The molecule has 0 N–H and O–H groups in total. The van der Waals surface area contributed by atoms with Crippen LogP contribution >= 0.6 is 0 Å². The van der Waals surface area contributed by atoms with Gasteiger partial charge in [-0.3, -0.25) is 4.90 Å². The molecule has 3 heterocycles. The van der Waals surface area contributed by atoms with Crippen molar-refractivity contribution in [3.8, 4) is 33.6 Å². The zero-order valence-corrected chi connectivity index (χ0v) is 38.6. The molecule has 0 aliphatic carbocycles. The summed E-state index contributed by atoms with van der Waals surface area (Å²) in [5, 5.41) is 10.1. The van der Waals surface area contributed by atoms with Gasteiger partial charge in [0.25, 0.3) is 0 Å². The van der Waals surface area contributed by atoms with Gasteiger partial charge >= 0.3 is 0 Å². The summed E-state index contributed by atoms with van der Waals surface area (Å²) in [4.78, 5) is 15.5. The predicted molar refractivity (Wildman–Crippen MR) is 287 cm³/mol. The molecule has 0 bridgehead atoms. The molecule has 5 nitrogen and oxygen atoms in total. The van der Waals surface area contributed by atoms with Crippen LogP contribution in [-0.4, -0.2) is 18.0 Å². The van der Waals surface area contributed by atoms with Crippen molar-refractivity contribution in [3.63, 3.8) is 0 Å². The maximum absolute atomic E-state index is 6.56. The lowest BCUT2D eigenvalue weighted by Gasteiger charge is -2.29. The van der Waals surface area contributed by atoms with Crippen LogP contribution in [0.2, 0.25) is 13.1 Å². The molecule has 0 unspecified atom stereocenters. The zero-order chi connectivity index (χ0) is 45.3. The Balaban J connectivity index is 1.07. The van der Waals surface area contributed by atoms with Crippen molar-refractivity contribution in [3.05, 3.63) is 231 Å². The molecular weight excluding hydrogens is 845 g/mol. The second-order valence-corrected chi connectivity index (χ2v) is 22.5. The van der Waals surface area contributed by atoms with Crippen molar-refractivity contribution in [2.75, 3.05) is 9.80 Å². The van der Waals surface area contributed by atoms with Gasteiger partial charge in [0.05, 0.1) is 22.8 Å². The molecule has 0 saturated carbocycles. The minimum absolute atomic E-state index is 0.579. The molecule has 6 heteroatoms. The molecule has 12 aromatic rings. The van der Waals surface area contributed by atoms with Gasteiger partial charge in [0, 0.05) is 50.4 Å². The third kappa shape index (κ3) is 6.44. The predicted octanol–water partition coefficient (Wildman–Crippen LogP) is 15.8. The van der Waals surface area contributed by atoms with Crippen LogP contribution in [0.15, 0.2) is 235 Å². The van der Waals surface area contributed by atoms with E-state index in [0.29, 0.717) is 5.95 Å². The van der Waals surface area contributed by atoms with Crippen molar-refractivity contribution >= 4 is 96.3 Å². The van der Waals surface area contributed by atoms with Gasteiger partial charge in [-0.25, -0.2) is 9.97 Å². The standard InChI is InChI=1S/C62H44N4OSi/c1-68(2)59-38-47(33-36-51(59)53-39-56(52-34-31-41-19-15-16-28-48(41)60(52)61(53)68)65(44-24-11-5-12-25-44)45-26-13-6-14-27-45)66(46-32-35-50-49-29-17-18-30-57(49)67-58(50)37-46)62-63-54(42-20-7-3-8-21-42)40-55(64-62)43-22-9-4-10-23-43/h3-40H,1-2H3. The molecule has 0 spiro atoms. The summed E-state index contributed by atoms with van der Waals surface area (Å²) in [6.45, 7) is 5.05. The highest BCUT2D eigenvalue weighted by molar-refractivity contribution is 7.05. The fourth-order valence-electron chi connectivity index (χ4n) is 10.6. The summed E-state index contributed by atoms with van der Waals surface area (Å²) in [7, 11) is -2.46. The quantitative estimate of drug-likeness (QED) is 0.112. The fourth-order valence-corrected chi connectivity index (χ4v) is 14.1. The maximum Gasteiger partial charge on any atom is 0.235 e. The Morgan fingerprint density at radius 1 is 0.397 bits per heavy atom. The lowest BCUT2D eigenvalue weighted by Crippen LogP contribution is -2.49. The van der Waals surface area contributed by atoms with Gasteiger partial charge < -0.3 is 9.32 Å². The summed E-state index contributed by atoms with van der Waals surface area (Å²) in [6, 6.07) is 82.3. The molecule has 322 valence electrons. The Morgan fingerprint density at radius 2 is 0.941 bits per heavy atom. The minimum Gasteiger partial charge on any atom is -0.456 e. The second kappa shape index (κ2) is 15.8. The normalized spacial score (nSPS) is 12.7. The van der Waals surface area contributed by atoms with Crippen LogP contribution in [0.1, 0.15) is 0 Å². The molecule has 0 fully saturated rings. The van der Waals surface area contributed by atoms with E-state index in [9.17, 15) is 0 Å². The average Bonchev–Trinajstić information content (AvgIpc) is 3.88. The van der Waals surface area contributed by atoms with E-state index in [0.717, 1.165) is 72.9 Å². The number of hydrogen-bond acceptors (Lipinski definition) is 5. The lowest BCUT2D eigenvalue weighted by molar-refractivity contribution is 0.669. The van der Waals surface area contributed by atoms with Crippen LogP contribution in [-0.2, 0) is 0 Å². The number of benzene rings is 10. The molecule has 0 saturated heterocycles. The number of fused-ring (bicyclic) bond motifs is 10.